The van der Waals surface area contributed by atoms with Crippen molar-refractivity contribution in [2.24, 2.45) is 0 Å². The van der Waals surface area contributed by atoms with Gasteiger partial charge in [-0.25, -0.2) is 0 Å². The molecule has 1 aliphatic heterocycles. The van der Waals surface area contributed by atoms with Crippen molar-refractivity contribution >= 4 is 40.2 Å². The molecule has 1 fully saturated rings. The third kappa shape index (κ3) is 5.26. The first-order valence-electron chi connectivity index (χ1n) is 7.08. The lowest BCUT2D eigenvalue weighted by atomic mass is 10.2. The zero-order valence-corrected chi connectivity index (χ0v) is 14.9. The average molecular weight is 391 g/mol. The first-order valence-corrected chi connectivity index (χ1v) is 7.87. The standard InChI is InChI=1S/C15H20BrN3O2.ClH/c1-19(13-6-8-17-10-13)14(20)7-9-18-15(21)11-2-4-12(16)5-3-11;/h2-5,13,17H,6-10H2,1H3,(H,18,21);1H. The van der Waals surface area contributed by atoms with Crippen molar-refractivity contribution in [3.05, 3.63) is 34.3 Å². The van der Waals surface area contributed by atoms with Crippen LogP contribution in [0.5, 0.6) is 0 Å². The highest BCUT2D eigenvalue weighted by Gasteiger charge is 2.22. The van der Waals surface area contributed by atoms with Crippen LogP contribution in [0.25, 0.3) is 0 Å². The Bertz CT molecular complexity index is 504. The summed E-state index contributed by atoms with van der Waals surface area (Å²) in [5, 5.41) is 6.02. The number of rotatable bonds is 5. The van der Waals surface area contributed by atoms with Crippen LogP contribution in [-0.2, 0) is 4.79 Å². The van der Waals surface area contributed by atoms with Gasteiger partial charge in [-0.2, -0.15) is 0 Å². The molecule has 22 heavy (non-hydrogen) atoms. The van der Waals surface area contributed by atoms with E-state index < -0.39 is 0 Å². The summed E-state index contributed by atoms with van der Waals surface area (Å²) in [7, 11) is 1.83. The highest BCUT2D eigenvalue weighted by molar-refractivity contribution is 9.10. The topological polar surface area (TPSA) is 61.4 Å². The second-order valence-corrected chi connectivity index (χ2v) is 6.08. The van der Waals surface area contributed by atoms with E-state index >= 15 is 0 Å². The molecule has 0 aliphatic carbocycles. The molecule has 2 rings (SSSR count). The number of likely N-dealkylation sites (N-methyl/N-ethyl adjacent to an activating group) is 1. The van der Waals surface area contributed by atoms with Crippen LogP contribution in [0.2, 0.25) is 0 Å². The number of nitrogens with zero attached hydrogens (tertiary/aromatic N) is 1. The van der Waals surface area contributed by atoms with E-state index in [1.165, 1.54) is 0 Å². The normalized spacial score (nSPS) is 16.7. The molecule has 1 unspecified atom stereocenters. The summed E-state index contributed by atoms with van der Waals surface area (Å²) in [6.07, 6.45) is 1.32. The van der Waals surface area contributed by atoms with Crippen LogP contribution in [-0.4, -0.2) is 49.4 Å². The molecule has 0 aromatic heterocycles. The number of amides is 2. The summed E-state index contributed by atoms with van der Waals surface area (Å²) in [5.41, 5.74) is 0.596. The Balaban J connectivity index is 0.00000242. The largest absolute Gasteiger partial charge is 0.352 e. The molecule has 2 amide bonds. The number of benzene rings is 1. The van der Waals surface area contributed by atoms with Gasteiger partial charge in [-0.3, -0.25) is 9.59 Å². The SMILES string of the molecule is CN(C(=O)CCNC(=O)c1ccc(Br)cc1)C1CCNC1.Cl. The highest BCUT2D eigenvalue weighted by atomic mass is 79.9. The molecule has 1 aromatic rings. The van der Waals surface area contributed by atoms with Gasteiger partial charge >= 0.3 is 0 Å². The van der Waals surface area contributed by atoms with Crippen LogP contribution < -0.4 is 10.6 Å². The van der Waals surface area contributed by atoms with Crippen molar-refractivity contribution in [2.75, 3.05) is 26.7 Å². The van der Waals surface area contributed by atoms with Crippen molar-refractivity contribution in [1.82, 2.24) is 15.5 Å². The lowest BCUT2D eigenvalue weighted by molar-refractivity contribution is -0.131. The predicted molar refractivity (Wildman–Crippen MR) is 92.4 cm³/mol. The minimum Gasteiger partial charge on any atom is -0.352 e. The number of carbonyl (C=O) groups is 2. The molecule has 2 N–H and O–H groups in total. The zero-order valence-electron chi connectivity index (χ0n) is 12.5. The van der Waals surface area contributed by atoms with E-state index in [0.29, 0.717) is 18.5 Å². The number of hydrogen-bond acceptors (Lipinski definition) is 3. The third-order valence-corrected chi connectivity index (χ3v) is 4.23. The van der Waals surface area contributed by atoms with Crippen LogP contribution in [0, 0.1) is 0 Å². The molecule has 1 aromatic carbocycles. The monoisotopic (exact) mass is 389 g/mol. The Labute approximate surface area is 145 Å². The van der Waals surface area contributed by atoms with E-state index in [-0.39, 0.29) is 30.3 Å². The highest BCUT2D eigenvalue weighted by Crippen LogP contribution is 2.10. The van der Waals surface area contributed by atoms with Crippen molar-refractivity contribution in [3.8, 4) is 0 Å². The van der Waals surface area contributed by atoms with Gasteiger partial charge in [-0.15, -0.1) is 12.4 Å². The number of carbonyl (C=O) groups excluding carboxylic acids is 2. The fraction of sp³-hybridized carbons (Fsp3) is 0.467. The molecule has 1 atom stereocenters. The number of halogens is 2. The Morgan fingerprint density at radius 3 is 2.64 bits per heavy atom. The van der Waals surface area contributed by atoms with E-state index in [1.807, 2.05) is 19.2 Å². The summed E-state index contributed by atoms with van der Waals surface area (Å²) < 4.78 is 0.932. The molecule has 0 radical (unpaired) electrons. The third-order valence-electron chi connectivity index (χ3n) is 3.71. The molecular weight excluding hydrogens is 370 g/mol. The summed E-state index contributed by atoms with van der Waals surface area (Å²) in [4.78, 5) is 25.7. The maximum absolute atomic E-state index is 12.0. The van der Waals surface area contributed by atoms with E-state index in [2.05, 4.69) is 26.6 Å². The maximum Gasteiger partial charge on any atom is 0.251 e. The van der Waals surface area contributed by atoms with Crippen LogP contribution in [0.1, 0.15) is 23.2 Å². The Hall–Kier alpha value is -1.11. The van der Waals surface area contributed by atoms with Crippen LogP contribution in [0.15, 0.2) is 28.7 Å². The van der Waals surface area contributed by atoms with Crippen molar-refractivity contribution in [3.63, 3.8) is 0 Å². The van der Waals surface area contributed by atoms with Gasteiger partial charge in [-0.05, 0) is 37.2 Å². The van der Waals surface area contributed by atoms with Gasteiger partial charge < -0.3 is 15.5 Å². The molecule has 0 saturated carbocycles. The first-order chi connectivity index (χ1) is 10.1. The lowest BCUT2D eigenvalue weighted by Crippen LogP contribution is -2.40. The van der Waals surface area contributed by atoms with Gasteiger partial charge in [0.2, 0.25) is 5.91 Å². The first kappa shape index (κ1) is 18.9. The van der Waals surface area contributed by atoms with Crippen LogP contribution in [0.4, 0.5) is 0 Å². The number of hydrogen-bond donors (Lipinski definition) is 2. The summed E-state index contributed by atoms with van der Waals surface area (Å²) in [6.45, 7) is 2.17. The fourth-order valence-corrected chi connectivity index (χ4v) is 2.60. The minimum absolute atomic E-state index is 0. The van der Waals surface area contributed by atoms with Gasteiger partial charge in [0.05, 0.1) is 0 Å². The van der Waals surface area contributed by atoms with Gasteiger partial charge in [0.15, 0.2) is 0 Å². The van der Waals surface area contributed by atoms with Gasteiger partial charge in [0.1, 0.15) is 0 Å². The van der Waals surface area contributed by atoms with Gasteiger partial charge in [0.25, 0.3) is 5.91 Å². The molecule has 1 saturated heterocycles. The zero-order chi connectivity index (χ0) is 15.2. The summed E-state index contributed by atoms with van der Waals surface area (Å²) in [5.74, 6) is -0.0831. The Kier molecular flexibility index (Phi) is 7.85. The molecule has 0 bridgehead atoms. The second-order valence-electron chi connectivity index (χ2n) is 5.16. The molecule has 0 spiro atoms. The van der Waals surface area contributed by atoms with Gasteiger partial charge in [0, 0.05) is 42.6 Å². The Morgan fingerprint density at radius 2 is 2.05 bits per heavy atom. The molecule has 122 valence electrons. The van der Waals surface area contributed by atoms with Gasteiger partial charge in [-0.1, -0.05) is 15.9 Å². The smallest absolute Gasteiger partial charge is 0.251 e. The Morgan fingerprint density at radius 1 is 1.36 bits per heavy atom. The molecule has 1 aliphatic rings. The average Bonchev–Trinajstić information content (AvgIpc) is 3.01. The maximum atomic E-state index is 12.0. The number of nitrogens with one attached hydrogen (secondary N) is 2. The minimum atomic E-state index is -0.152. The molecule has 1 heterocycles. The summed E-state index contributed by atoms with van der Waals surface area (Å²) in [6, 6.07) is 7.41. The predicted octanol–water partition coefficient (Wildman–Crippen LogP) is 1.81. The lowest BCUT2D eigenvalue weighted by Gasteiger charge is -2.23. The quantitative estimate of drug-likeness (QED) is 0.806. The summed E-state index contributed by atoms with van der Waals surface area (Å²) >= 11 is 3.33. The van der Waals surface area contributed by atoms with Crippen molar-refractivity contribution in [1.29, 1.82) is 0 Å². The van der Waals surface area contributed by atoms with E-state index in [1.54, 1.807) is 17.0 Å². The van der Waals surface area contributed by atoms with Crippen molar-refractivity contribution < 1.29 is 9.59 Å². The van der Waals surface area contributed by atoms with E-state index in [0.717, 1.165) is 24.0 Å². The molecule has 5 nitrogen and oxygen atoms in total. The van der Waals surface area contributed by atoms with E-state index in [9.17, 15) is 9.59 Å². The molecule has 7 heteroatoms. The van der Waals surface area contributed by atoms with Crippen molar-refractivity contribution in [2.45, 2.75) is 18.9 Å². The fourth-order valence-electron chi connectivity index (χ4n) is 2.34. The van der Waals surface area contributed by atoms with E-state index in [4.69, 9.17) is 0 Å². The van der Waals surface area contributed by atoms with Crippen LogP contribution >= 0.6 is 28.3 Å². The molecular formula is C15H21BrClN3O2. The second kappa shape index (κ2) is 9.12. The van der Waals surface area contributed by atoms with Crippen LogP contribution in [0.3, 0.4) is 0 Å².